The molecule has 3 aromatic rings. The Balaban J connectivity index is 1.77. The second-order valence-corrected chi connectivity index (χ2v) is 9.53. The summed E-state index contributed by atoms with van der Waals surface area (Å²) in [5.41, 5.74) is 2.07. The number of sulfonamides is 1. The molecule has 0 fully saturated rings. The van der Waals surface area contributed by atoms with Crippen LogP contribution in [-0.4, -0.2) is 41.7 Å². The Bertz CT molecular complexity index is 1060. The first-order valence-electron chi connectivity index (χ1n) is 10.0. The summed E-state index contributed by atoms with van der Waals surface area (Å²) in [5, 5.41) is 9.91. The van der Waals surface area contributed by atoms with Crippen LogP contribution in [0.1, 0.15) is 31.1 Å². The van der Waals surface area contributed by atoms with Gasteiger partial charge >= 0.3 is 0 Å². The average Bonchev–Trinajstić information content (AvgIpc) is 3.08. The van der Waals surface area contributed by atoms with E-state index in [-0.39, 0.29) is 4.90 Å². The Hall–Kier alpha value is -2.55. The number of hydrogen-bond acceptors (Lipinski definition) is 5. The Kier molecular flexibility index (Phi) is 7.02. The maximum atomic E-state index is 11.5. The van der Waals surface area contributed by atoms with E-state index < -0.39 is 10.0 Å². The van der Waals surface area contributed by atoms with E-state index in [1.807, 2.05) is 6.07 Å². The number of nitrogens with zero attached hydrogens (tertiary/aromatic N) is 4. The molecule has 0 unspecified atom stereocenters. The maximum absolute atomic E-state index is 11.5. The highest BCUT2D eigenvalue weighted by molar-refractivity contribution is 7.89. The third kappa shape index (κ3) is 5.98. The van der Waals surface area contributed by atoms with Crippen molar-refractivity contribution in [3.05, 3.63) is 71.8 Å². The lowest BCUT2D eigenvalue weighted by Crippen LogP contribution is -2.21. The molecule has 0 aliphatic rings. The van der Waals surface area contributed by atoms with E-state index in [1.54, 1.807) is 16.8 Å². The SMILES string of the molecule is CC(C)Cc1nc(CN(C)CCc2ccccc2)nn1-c1ccc(S(N)(=O)=O)cc1. The minimum atomic E-state index is -3.72. The van der Waals surface area contributed by atoms with Gasteiger partial charge in [-0.3, -0.25) is 4.90 Å². The van der Waals surface area contributed by atoms with Gasteiger partial charge in [0.1, 0.15) is 5.82 Å². The molecule has 0 aliphatic carbocycles. The van der Waals surface area contributed by atoms with Crippen LogP contribution in [0.3, 0.4) is 0 Å². The van der Waals surface area contributed by atoms with Crippen molar-refractivity contribution in [3.63, 3.8) is 0 Å². The van der Waals surface area contributed by atoms with Crippen molar-refractivity contribution < 1.29 is 8.42 Å². The minimum Gasteiger partial charge on any atom is -0.299 e. The third-order valence-corrected chi connectivity index (χ3v) is 5.68. The second kappa shape index (κ2) is 9.51. The molecule has 1 aromatic heterocycles. The standard InChI is InChI=1S/C22H29N5O2S/c1-17(2)15-22-24-21(16-26(3)14-13-18-7-5-4-6-8-18)25-27(22)19-9-11-20(12-10-19)30(23,28)29/h4-12,17H,13-16H2,1-3H3,(H2,23,28,29). The van der Waals surface area contributed by atoms with Gasteiger partial charge in [-0.2, -0.15) is 0 Å². The Morgan fingerprint density at radius 2 is 1.73 bits per heavy atom. The van der Waals surface area contributed by atoms with Crippen LogP contribution in [0.2, 0.25) is 0 Å². The average molecular weight is 428 g/mol. The summed E-state index contributed by atoms with van der Waals surface area (Å²) in [6.07, 6.45) is 1.74. The van der Waals surface area contributed by atoms with Crippen molar-refractivity contribution in [2.45, 2.75) is 38.1 Å². The summed E-state index contributed by atoms with van der Waals surface area (Å²) in [6, 6.07) is 16.8. The fourth-order valence-corrected chi connectivity index (χ4v) is 3.74. The van der Waals surface area contributed by atoms with E-state index in [2.05, 4.69) is 50.1 Å². The highest BCUT2D eigenvalue weighted by atomic mass is 32.2. The number of aromatic nitrogens is 3. The zero-order valence-electron chi connectivity index (χ0n) is 17.7. The maximum Gasteiger partial charge on any atom is 0.238 e. The molecular weight excluding hydrogens is 398 g/mol. The lowest BCUT2D eigenvalue weighted by Gasteiger charge is -2.14. The number of primary sulfonamides is 1. The van der Waals surface area contributed by atoms with Crippen molar-refractivity contribution >= 4 is 10.0 Å². The summed E-state index contributed by atoms with van der Waals surface area (Å²) < 4.78 is 24.8. The van der Waals surface area contributed by atoms with Crippen LogP contribution in [0.15, 0.2) is 59.5 Å². The van der Waals surface area contributed by atoms with Crippen LogP contribution >= 0.6 is 0 Å². The van der Waals surface area contributed by atoms with Gasteiger partial charge in [0.2, 0.25) is 10.0 Å². The molecule has 2 aromatic carbocycles. The second-order valence-electron chi connectivity index (χ2n) is 7.97. The smallest absolute Gasteiger partial charge is 0.238 e. The zero-order valence-corrected chi connectivity index (χ0v) is 18.5. The fourth-order valence-electron chi connectivity index (χ4n) is 3.22. The molecule has 3 rings (SSSR count). The van der Waals surface area contributed by atoms with Gasteiger partial charge in [-0.05, 0) is 49.2 Å². The van der Waals surface area contributed by atoms with Crippen molar-refractivity contribution in [3.8, 4) is 5.69 Å². The normalized spacial score (nSPS) is 12.1. The first-order valence-corrected chi connectivity index (χ1v) is 11.6. The molecule has 8 heteroatoms. The highest BCUT2D eigenvalue weighted by Crippen LogP contribution is 2.17. The predicted molar refractivity (Wildman–Crippen MR) is 118 cm³/mol. The topological polar surface area (TPSA) is 94.1 Å². The molecule has 30 heavy (non-hydrogen) atoms. The lowest BCUT2D eigenvalue weighted by molar-refractivity contribution is 0.322. The summed E-state index contributed by atoms with van der Waals surface area (Å²) in [5.74, 6) is 2.02. The third-order valence-electron chi connectivity index (χ3n) is 4.76. The number of hydrogen-bond donors (Lipinski definition) is 1. The van der Waals surface area contributed by atoms with Crippen molar-refractivity contribution in [2.24, 2.45) is 11.1 Å². The minimum absolute atomic E-state index is 0.0812. The molecule has 0 amide bonds. The fraction of sp³-hybridized carbons (Fsp3) is 0.364. The van der Waals surface area contributed by atoms with Gasteiger partial charge in [-0.25, -0.2) is 23.2 Å². The van der Waals surface area contributed by atoms with Crippen molar-refractivity contribution in [1.82, 2.24) is 19.7 Å². The van der Waals surface area contributed by atoms with E-state index in [9.17, 15) is 8.42 Å². The number of benzene rings is 2. The van der Waals surface area contributed by atoms with Gasteiger partial charge in [0.25, 0.3) is 0 Å². The molecule has 0 aliphatic heterocycles. The molecule has 0 saturated heterocycles. The van der Waals surface area contributed by atoms with Crippen LogP contribution < -0.4 is 5.14 Å². The molecule has 0 spiro atoms. The van der Waals surface area contributed by atoms with Gasteiger partial charge < -0.3 is 0 Å². The number of likely N-dealkylation sites (N-methyl/N-ethyl adjacent to an activating group) is 1. The Morgan fingerprint density at radius 3 is 2.33 bits per heavy atom. The molecule has 0 bridgehead atoms. The summed E-state index contributed by atoms with van der Waals surface area (Å²) in [4.78, 5) is 7.05. The molecular formula is C22H29N5O2S. The largest absolute Gasteiger partial charge is 0.299 e. The van der Waals surface area contributed by atoms with Crippen molar-refractivity contribution in [1.29, 1.82) is 0 Å². The number of rotatable bonds is 9. The first kappa shape index (κ1) is 22.1. The predicted octanol–water partition coefficient (Wildman–Crippen LogP) is 2.79. The van der Waals surface area contributed by atoms with E-state index in [4.69, 9.17) is 15.2 Å². The Labute approximate surface area is 178 Å². The van der Waals surface area contributed by atoms with Gasteiger partial charge in [0, 0.05) is 13.0 Å². The van der Waals surface area contributed by atoms with Gasteiger partial charge in [-0.1, -0.05) is 44.2 Å². The Morgan fingerprint density at radius 1 is 1.07 bits per heavy atom. The molecule has 0 saturated carbocycles. The van der Waals surface area contributed by atoms with Crippen molar-refractivity contribution in [2.75, 3.05) is 13.6 Å². The quantitative estimate of drug-likeness (QED) is 0.567. The van der Waals surface area contributed by atoms with Gasteiger partial charge in [-0.15, -0.1) is 5.10 Å². The molecule has 7 nitrogen and oxygen atoms in total. The zero-order chi connectivity index (χ0) is 21.7. The first-order chi connectivity index (χ1) is 14.2. The van der Waals surface area contributed by atoms with Crippen LogP contribution in [0, 0.1) is 5.92 Å². The van der Waals surface area contributed by atoms with Gasteiger partial charge in [0.15, 0.2) is 5.82 Å². The van der Waals surface area contributed by atoms with E-state index >= 15 is 0 Å². The number of nitrogens with two attached hydrogens (primary N) is 1. The summed E-state index contributed by atoms with van der Waals surface area (Å²) >= 11 is 0. The van der Waals surface area contributed by atoms with E-state index in [0.29, 0.717) is 12.5 Å². The highest BCUT2D eigenvalue weighted by Gasteiger charge is 2.15. The lowest BCUT2D eigenvalue weighted by atomic mass is 10.1. The van der Waals surface area contributed by atoms with Gasteiger partial charge in [0.05, 0.1) is 17.1 Å². The molecule has 2 N–H and O–H groups in total. The summed E-state index contributed by atoms with van der Waals surface area (Å²) in [7, 11) is -1.66. The van der Waals surface area contributed by atoms with E-state index in [0.717, 1.165) is 36.7 Å². The molecule has 1 heterocycles. The molecule has 0 atom stereocenters. The van der Waals surface area contributed by atoms with Crippen LogP contribution in [0.5, 0.6) is 0 Å². The molecule has 0 radical (unpaired) electrons. The monoisotopic (exact) mass is 427 g/mol. The van der Waals surface area contributed by atoms with E-state index in [1.165, 1.54) is 17.7 Å². The van der Waals surface area contributed by atoms with Crippen LogP contribution in [0.4, 0.5) is 0 Å². The summed E-state index contributed by atoms with van der Waals surface area (Å²) in [6.45, 7) is 5.81. The van der Waals surface area contributed by atoms with Crippen LogP contribution in [-0.2, 0) is 29.4 Å². The van der Waals surface area contributed by atoms with Crippen LogP contribution in [0.25, 0.3) is 5.69 Å². The molecule has 160 valence electrons.